The van der Waals surface area contributed by atoms with E-state index in [9.17, 15) is 0 Å². The Balaban J connectivity index is 2.12. The standard InChI is InChI=1S/C12H25N3O/c1-16-10-11(14-13)12(6-2-3-7-12)15-8-4-5-9-15/h11,14H,2-10,13H2,1H3. The zero-order chi connectivity index (χ0) is 11.4. The largest absolute Gasteiger partial charge is 0.383 e. The molecule has 1 aliphatic heterocycles. The molecule has 1 aliphatic carbocycles. The molecule has 0 amide bonds. The van der Waals surface area contributed by atoms with Crippen molar-refractivity contribution < 1.29 is 4.74 Å². The zero-order valence-electron chi connectivity index (χ0n) is 10.4. The fraction of sp³-hybridized carbons (Fsp3) is 1.00. The second-order valence-electron chi connectivity index (χ2n) is 5.18. The van der Waals surface area contributed by atoms with Crippen LogP contribution in [-0.2, 0) is 4.74 Å². The van der Waals surface area contributed by atoms with Crippen molar-refractivity contribution in [1.29, 1.82) is 0 Å². The van der Waals surface area contributed by atoms with Crippen molar-refractivity contribution in [3.05, 3.63) is 0 Å². The van der Waals surface area contributed by atoms with E-state index in [0.717, 1.165) is 0 Å². The van der Waals surface area contributed by atoms with E-state index in [2.05, 4.69) is 10.3 Å². The number of nitrogens with two attached hydrogens (primary N) is 1. The first kappa shape index (κ1) is 12.3. The van der Waals surface area contributed by atoms with E-state index in [-0.39, 0.29) is 11.6 Å². The Labute approximate surface area is 98.5 Å². The van der Waals surface area contributed by atoms with Gasteiger partial charge in [0.25, 0.3) is 0 Å². The van der Waals surface area contributed by atoms with Crippen LogP contribution in [0.15, 0.2) is 0 Å². The lowest BCUT2D eigenvalue weighted by Crippen LogP contribution is -2.62. The molecule has 0 aromatic heterocycles. The lowest BCUT2D eigenvalue weighted by Gasteiger charge is -2.44. The Morgan fingerprint density at radius 3 is 2.38 bits per heavy atom. The maximum atomic E-state index is 5.73. The summed E-state index contributed by atoms with van der Waals surface area (Å²) < 4.78 is 5.32. The first-order chi connectivity index (χ1) is 7.83. The van der Waals surface area contributed by atoms with Gasteiger partial charge in [0.1, 0.15) is 0 Å². The van der Waals surface area contributed by atoms with E-state index in [1.165, 1.54) is 51.6 Å². The second-order valence-corrected chi connectivity index (χ2v) is 5.18. The number of rotatable bonds is 5. The molecular weight excluding hydrogens is 202 g/mol. The maximum Gasteiger partial charge on any atom is 0.0647 e. The Hall–Kier alpha value is -0.160. The molecule has 94 valence electrons. The van der Waals surface area contributed by atoms with E-state index < -0.39 is 0 Å². The van der Waals surface area contributed by atoms with Gasteiger partial charge in [-0.15, -0.1) is 0 Å². The molecular formula is C12H25N3O. The van der Waals surface area contributed by atoms with E-state index in [1.54, 1.807) is 7.11 Å². The maximum absolute atomic E-state index is 5.73. The average molecular weight is 227 g/mol. The summed E-state index contributed by atoms with van der Waals surface area (Å²) in [5.74, 6) is 5.73. The van der Waals surface area contributed by atoms with Crippen molar-refractivity contribution in [3.8, 4) is 0 Å². The van der Waals surface area contributed by atoms with Gasteiger partial charge in [-0.25, -0.2) is 0 Å². The molecule has 0 spiro atoms. The van der Waals surface area contributed by atoms with Gasteiger partial charge in [-0.2, -0.15) is 0 Å². The van der Waals surface area contributed by atoms with Crippen LogP contribution in [-0.4, -0.2) is 43.3 Å². The van der Waals surface area contributed by atoms with Crippen molar-refractivity contribution in [2.24, 2.45) is 5.84 Å². The molecule has 4 nitrogen and oxygen atoms in total. The van der Waals surface area contributed by atoms with E-state index >= 15 is 0 Å². The number of methoxy groups -OCH3 is 1. The van der Waals surface area contributed by atoms with Gasteiger partial charge in [-0.1, -0.05) is 12.8 Å². The number of hydrazine groups is 1. The molecule has 16 heavy (non-hydrogen) atoms. The lowest BCUT2D eigenvalue weighted by atomic mass is 9.87. The van der Waals surface area contributed by atoms with Crippen LogP contribution in [0.4, 0.5) is 0 Å². The monoisotopic (exact) mass is 227 g/mol. The summed E-state index contributed by atoms with van der Waals surface area (Å²) >= 11 is 0. The summed E-state index contributed by atoms with van der Waals surface area (Å²) in [5.41, 5.74) is 3.26. The van der Waals surface area contributed by atoms with E-state index in [1.807, 2.05) is 0 Å². The number of hydrogen-bond acceptors (Lipinski definition) is 4. The molecule has 2 fully saturated rings. The van der Waals surface area contributed by atoms with E-state index in [0.29, 0.717) is 6.61 Å². The number of hydrogen-bond donors (Lipinski definition) is 2. The predicted molar refractivity (Wildman–Crippen MR) is 65.0 cm³/mol. The van der Waals surface area contributed by atoms with Crippen LogP contribution in [0.25, 0.3) is 0 Å². The van der Waals surface area contributed by atoms with Gasteiger partial charge in [-0.3, -0.25) is 16.2 Å². The van der Waals surface area contributed by atoms with Gasteiger partial charge in [-0.05, 0) is 38.8 Å². The predicted octanol–water partition coefficient (Wildman–Crippen LogP) is 0.873. The Kier molecular flexibility index (Phi) is 4.19. The summed E-state index contributed by atoms with van der Waals surface area (Å²) in [7, 11) is 1.76. The Morgan fingerprint density at radius 1 is 1.25 bits per heavy atom. The third-order valence-corrected chi connectivity index (χ3v) is 4.39. The first-order valence-corrected chi connectivity index (χ1v) is 6.53. The summed E-state index contributed by atoms with van der Waals surface area (Å²) in [5, 5.41) is 0. The van der Waals surface area contributed by atoms with Crippen LogP contribution < -0.4 is 11.3 Å². The summed E-state index contributed by atoms with van der Waals surface area (Å²) in [4.78, 5) is 2.66. The minimum absolute atomic E-state index is 0.265. The fourth-order valence-corrected chi connectivity index (χ4v) is 3.56. The molecule has 0 aromatic carbocycles. The molecule has 1 atom stereocenters. The summed E-state index contributed by atoms with van der Waals surface area (Å²) in [6.45, 7) is 3.19. The molecule has 1 saturated heterocycles. The number of ether oxygens (including phenoxy) is 1. The number of nitrogens with zero attached hydrogens (tertiary/aromatic N) is 1. The smallest absolute Gasteiger partial charge is 0.0647 e. The zero-order valence-corrected chi connectivity index (χ0v) is 10.4. The van der Waals surface area contributed by atoms with E-state index in [4.69, 9.17) is 10.6 Å². The minimum atomic E-state index is 0.265. The molecule has 2 rings (SSSR count). The summed E-state index contributed by atoms with van der Waals surface area (Å²) in [6, 6.07) is 0.276. The fourth-order valence-electron chi connectivity index (χ4n) is 3.56. The van der Waals surface area contributed by atoms with Crippen LogP contribution >= 0.6 is 0 Å². The van der Waals surface area contributed by atoms with Gasteiger partial charge in [0.2, 0.25) is 0 Å². The quantitative estimate of drug-likeness (QED) is 0.540. The first-order valence-electron chi connectivity index (χ1n) is 6.53. The van der Waals surface area contributed by atoms with Crippen molar-refractivity contribution in [1.82, 2.24) is 10.3 Å². The van der Waals surface area contributed by atoms with Crippen LogP contribution in [0.2, 0.25) is 0 Å². The molecule has 1 unspecified atom stereocenters. The SMILES string of the molecule is COCC(NN)C1(N2CCCC2)CCCC1. The highest BCUT2D eigenvalue weighted by Gasteiger charge is 2.46. The molecule has 3 N–H and O–H groups in total. The molecule has 0 bridgehead atoms. The molecule has 0 radical (unpaired) electrons. The van der Waals surface area contributed by atoms with Gasteiger partial charge < -0.3 is 4.74 Å². The third kappa shape index (κ3) is 2.12. The van der Waals surface area contributed by atoms with Crippen molar-refractivity contribution in [2.45, 2.75) is 50.1 Å². The number of nitrogens with one attached hydrogen (secondary N) is 1. The second kappa shape index (κ2) is 5.45. The van der Waals surface area contributed by atoms with Crippen molar-refractivity contribution in [2.75, 3.05) is 26.8 Å². The molecule has 1 saturated carbocycles. The van der Waals surface area contributed by atoms with Crippen molar-refractivity contribution in [3.63, 3.8) is 0 Å². The van der Waals surface area contributed by atoms with Crippen LogP contribution in [0.1, 0.15) is 38.5 Å². The van der Waals surface area contributed by atoms with Gasteiger partial charge >= 0.3 is 0 Å². The third-order valence-electron chi connectivity index (χ3n) is 4.39. The highest BCUT2D eigenvalue weighted by atomic mass is 16.5. The Morgan fingerprint density at radius 2 is 1.88 bits per heavy atom. The lowest BCUT2D eigenvalue weighted by molar-refractivity contribution is 0.0348. The van der Waals surface area contributed by atoms with Crippen molar-refractivity contribution >= 4 is 0 Å². The van der Waals surface area contributed by atoms with Gasteiger partial charge in [0, 0.05) is 12.6 Å². The highest BCUT2D eigenvalue weighted by molar-refractivity contribution is 5.04. The molecule has 2 aliphatic rings. The van der Waals surface area contributed by atoms with Gasteiger partial charge in [0.15, 0.2) is 0 Å². The molecule has 1 heterocycles. The Bertz CT molecular complexity index is 210. The average Bonchev–Trinajstić information content (AvgIpc) is 2.95. The van der Waals surface area contributed by atoms with Gasteiger partial charge in [0.05, 0.1) is 12.6 Å². The number of likely N-dealkylation sites (tertiary alicyclic amines) is 1. The highest BCUT2D eigenvalue weighted by Crippen LogP contribution is 2.39. The summed E-state index contributed by atoms with van der Waals surface area (Å²) in [6.07, 6.45) is 7.88. The van der Waals surface area contributed by atoms with Crippen LogP contribution in [0, 0.1) is 0 Å². The van der Waals surface area contributed by atoms with Crippen LogP contribution in [0.5, 0.6) is 0 Å². The topological polar surface area (TPSA) is 50.5 Å². The normalized spacial score (nSPS) is 27.4. The minimum Gasteiger partial charge on any atom is -0.383 e. The molecule has 0 aromatic rings. The molecule has 4 heteroatoms. The van der Waals surface area contributed by atoms with Crippen LogP contribution in [0.3, 0.4) is 0 Å².